The lowest BCUT2D eigenvalue weighted by Gasteiger charge is -2.36. The monoisotopic (exact) mass is 602 g/mol. The third kappa shape index (κ3) is 9.30. The molecule has 0 saturated carbocycles. The van der Waals surface area contributed by atoms with Gasteiger partial charge in [-0.05, 0) is 61.0 Å². The molecule has 1 aliphatic rings. The quantitative estimate of drug-likeness (QED) is 0.373. The molecule has 3 aromatic heterocycles. The first-order chi connectivity index (χ1) is 19.2. The van der Waals surface area contributed by atoms with Gasteiger partial charge in [0.15, 0.2) is 0 Å². The first-order valence-corrected chi connectivity index (χ1v) is 14.9. The van der Waals surface area contributed by atoms with Gasteiger partial charge in [0.1, 0.15) is 33.7 Å². The lowest BCUT2D eigenvalue weighted by molar-refractivity contribution is -0.138. The van der Waals surface area contributed by atoms with Gasteiger partial charge in [-0.25, -0.2) is 19.7 Å². The number of guanidine groups is 1. The van der Waals surface area contributed by atoms with E-state index in [0.717, 1.165) is 24.2 Å². The van der Waals surface area contributed by atoms with E-state index in [1.807, 2.05) is 77.2 Å². The smallest absolute Gasteiger partial charge is 0.417 e. The summed E-state index contributed by atoms with van der Waals surface area (Å²) in [6, 6.07) is 3.65. The van der Waals surface area contributed by atoms with E-state index in [2.05, 4.69) is 24.7 Å². The number of aliphatic hydroxyl groups excluding tert-OH is 1. The summed E-state index contributed by atoms with van der Waals surface area (Å²) in [7, 11) is 1.90. The molecule has 0 bridgehead atoms. The van der Waals surface area contributed by atoms with E-state index in [4.69, 9.17) is 4.74 Å². The second kappa shape index (κ2) is 13.5. The maximum absolute atomic E-state index is 12.7. The number of carbonyl (C=O) groups excluding carboxylic acids is 2. The number of hydrogen-bond donors (Lipinski definition) is 1. The van der Waals surface area contributed by atoms with Crippen LogP contribution < -0.4 is 0 Å². The molecule has 0 aliphatic carbocycles. The molecular weight excluding hydrogens is 564 g/mol. The van der Waals surface area contributed by atoms with Crippen molar-refractivity contribution >= 4 is 46.3 Å². The molecule has 4 rings (SSSR count). The zero-order chi connectivity index (χ0) is 30.4. The van der Waals surface area contributed by atoms with E-state index in [1.54, 1.807) is 17.2 Å². The van der Waals surface area contributed by atoms with Crippen molar-refractivity contribution in [2.24, 2.45) is 4.99 Å². The average molecular weight is 603 g/mol. The summed E-state index contributed by atoms with van der Waals surface area (Å²) in [5.41, 5.74) is 1.93. The first kappa shape index (κ1) is 32.1. The van der Waals surface area contributed by atoms with Crippen LogP contribution in [0.2, 0.25) is 0 Å². The van der Waals surface area contributed by atoms with Crippen LogP contribution in [0.5, 0.6) is 0 Å². The van der Waals surface area contributed by atoms with Gasteiger partial charge in [0, 0.05) is 48.4 Å². The topological polar surface area (TPSA) is 130 Å². The number of amides is 1. The Bertz CT molecular complexity index is 1360. The van der Waals surface area contributed by atoms with Gasteiger partial charge in [-0.2, -0.15) is 4.99 Å². The SMILES string of the molecule is CC(C)(C)OC=O.Cc1ncccc1C(O)c1nc(-c2csc(/N=C3\N(C)CCCN3C(=O)OC(C)(C)C)n2)cs1. The van der Waals surface area contributed by atoms with Crippen molar-refractivity contribution in [3.8, 4) is 11.4 Å². The summed E-state index contributed by atoms with van der Waals surface area (Å²) >= 11 is 2.74. The second-order valence-corrected chi connectivity index (χ2v) is 13.0. The summed E-state index contributed by atoms with van der Waals surface area (Å²) in [5.74, 6) is 0.517. The highest BCUT2D eigenvalue weighted by Crippen LogP contribution is 2.32. The number of hydrogen-bond acceptors (Lipinski definition) is 11. The van der Waals surface area contributed by atoms with Crippen LogP contribution in [0.3, 0.4) is 0 Å². The van der Waals surface area contributed by atoms with Gasteiger partial charge in [0.2, 0.25) is 11.1 Å². The Morgan fingerprint density at radius 2 is 1.78 bits per heavy atom. The molecule has 1 aliphatic heterocycles. The van der Waals surface area contributed by atoms with Crippen molar-refractivity contribution in [3.05, 3.63) is 45.4 Å². The largest absolute Gasteiger partial charge is 0.462 e. The predicted molar refractivity (Wildman–Crippen MR) is 160 cm³/mol. The molecule has 1 atom stereocenters. The van der Waals surface area contributed by atoms with Crippen molar-refractivity contribution in [1.82, 2.24) is 24.8 Å². The Labute approximate surface area is 248 Å². The van der Waals surface area contributed by atoms with Gasteiger partial charge < -0.3 is 19.5 Å². The van der Waals surface area contributed by atoms with Crippen molar-refractivity contribution in [2.45, 2.75) is 72.2 Å². The van der Waals surface area contributed by atoms with Crippen LogP contribution in [0.15, 0.2) is 34.1 Å². The average Bonchev–Trinajstić information content (AvgIpc) is 3.54. The fourth-order valence-electron chi connectivity index (χ4n) is 3.62. The number of pyridine rings is 1. The number of thiazole rings is 2. The number of aryl methyl sites for hydroxylation is 1. The predicted octanol–water partition coefficient (Wildman–Crippen LogP) is 5.57. The second-order valence-electron chi connectivity index (χ2n) is 11.3. The summed E-state index contributed by atoms with van der Waals surface area (Å²) in [6.45, 7) is 14.6. The first-order valence-electron chi connectivity index (χ1n) is 13.1. The van der Waals surface area contributed by atoms with Crippen LogP contribution in [0.25, 0.3) is 11.4 Å². The molecule has 0 radical (unpaired) electrons. The van der Waals surface area contributed by atoms with Gasteiger partial charge in [-0.1, -0.05) is 6.07 Å². The molecule has 1 unspecified atom stereocenters. The van der Waals surface area contributed by atoms with E-state index < -0.39 is 17.8 Å². The Morgan fingerprint density at radius 3 is 2.39 bits per heavy atom. The number of nitrogens with zero attached hydrogens (tertiary/aromatic N) is 6. The molecule has 1 amide bonds. The van der Waals surface area contributed by atoms with E-state index in [9.17, 15) is 14.7 Å². The van der Waals surface area contributed by atoms with Crippen LogP contribution in [0.1, 0.15) is 70.3 Å². The van der Waals surface area contributed by atoms with Crippen LogP contribution in [-0.2, 0) is 14.3 Å². The van der Waals surface area contributed by atoms with Gasteiger partial charge >= 0.3 is 6.09 Å². The van der Waals surface area contributed by atoms with Crippen molar-refractivity contribution < 1.29 is 24.2 Å². The highest BCUT2D eigenvalue weighted by molar-refractivity contribution is 7.13. The summed E-state index contributed by atoms with van der Waals surface area (Å²) in [6.07, 6.45) is 1.27. The molecule has 4 heterocycles. The molecule has 41 heavy (non-hydrogen) atoms. The lowest BCUT2D eigenvalue weighted by atomic mass is 10.1. The summed E-state index contributed by atoms with van der Waals surface area (Å²) in [5, 5.41) is 15.6. The van der Waals surface area contributed by atoms with Crippen LogP contribution in [-0.4, -0.2) is 79.7 Å². The summed E-state index contributed by atoms with van der Waals surface area (Å²) < 4.78 is 10.1. The minimum absolute atomic E-state index is 0.318. The molecule has 1 N–H and O–H groups in total. The Morgan fingerprint density at radius 1 is 1.10 bits per heavy atom. The van der Waals surface area contributed by atoms with Gasteiger partial charge in [0.05, 0.1) is 0 Å². The zero-order valence-corrected chi connectivity index (χ0v) is 26.4. The fraction of sp³-hybridized carbons (Fsp3) is 0.500. The van der Waals surface area contributed by atoms with Gasteiger partial charge in [0.25, 0.3) is 6.47 Å². The maximum Gasteiger partial charge on any atom is 0.417 e. The number of rotatable bonds is 5. The van der Waals surface area contributed by atoms with E-state index in [1.165, 1.54) is 22.7 Å². The molecule has 0 spiro atoms. The number of aromatic nitrogens is 3. The normalized spacial score (nSPS) is 15.7. The summed E-state index contributed by atoms with van der Waals surface area (Å²) in [4.78, 5) is 44.0. The number of aliphatic hydroxyl groups is 1. The van der Waals surface area contributed by atoms with Crippen molar-refractivity contribution in [3.63, 3.8) is 0 Å². The minimum Gasteiger partial charge on any atom is -0.462 e. The number of ether oxygens (including phenoxy) is 2. The van der Waals surface area contributed by atoms with Gasteiger partial charge in [-0.15, -0.1) is 22.7 Å². The highest BCUT2D eigenvalue weighted by atomic mass is 32.1. The Kier molecular flexibility index (Phi) is 10.6. The molecule has 222 valence electrons. The van der Waals surface area contributed by atoms with Crippen molar-refractivity contribution in [2.75, 3.05) is 20.1 Å². The number of carbonyl (C=O) groups is 2. The van der Waals surface area contributed by atoms with E-state index in [0.29, 0.717) is 40.5 Å². The molecule has 3 aromatic rings. The fourth-order valence-corrected chi connectivity index (χ4v) is 5.11. The molecular formula is C28H38N6O5S2. The third-order valence-corrected chi connectivity index (χ3v) is 7.15. The lowest BCUT2D eigenvalue weighted by Crippen LogP contribution is -2.52. The number of aliphatic imine (C=N–C) groups is 1. The molecule has 13 heteroatoms. The standard InChI is InChI=1S/C23H28N6O3S2.C5H10O2/c1-14-15(8-6-9-24-14)18(30)19-25-16(12-33-19)17-13-34-20(26-17)27-21-28(5)10-7-11-29(21)22(31)32-23(2,3)4;1-5(2,3)7-4-6/h6,8-9,12-13,18,30H,7,10-11H2,1-5H3;4H,1-3H3/b27-21+;. The minimum atomic E-state index is -0.843. The molecule has 0 aromatic carbocycles. The Balaban J connectivity index is 0.000000587. The van der Waals surface area contributed by atoms with Crippen molar-refractivity contribution in [1.29, 1.82) is 0 Å². The van der Waals surface area contributed by atoms with Crippen LogP contribution >= 0.6 is 22.7 Å². The zero-order valence-electron chi connectivity index (χ0n) is 24.7. The Hall–Kier alpha value is -3.42. The molecule has 1 fully saturated rings. The highest BCUT2D eigenvalue weighted by Gasteiger charge is 2.31. The molecule has 1 saturated heterocycles. The van der Waals surface area contributed by atoms with Gasteiger partial charge in [-0.3, -0.25) is 9.78 Å². The van der Waals surface area contributed by atoms with E-state index in [-0.39, 0.29) is 5.60 Å². The van der Waals surface area contributed by atoms with Crippen LogP contribution in [0, 0.1) is 6.92 Å². The van der Waals surface area contributed by atoms with E-state index >= 15 is 0 Å². The van der Waals surface area contributed by atoms with Crippen LogP contribution in [0.4, 0.5) is 9.93 Å². The maximum atomic E-state index is 12.7. The molecule has 11 nitrogen and oxygen atoms in total. The third-order valence-electron chi connectivity index (χ3n) is 5.52.